The summed E-state index contributed by atoms with van der Waals surface area (Å²) in [5.74, 6) is -1.46. The summed E-state index contributed by atoms with van der Waals surface area (Å²) in [6.07, 6.45) is 1.56. The predicted molar refractivity (Wildman–Crippen MR) is 106 cm³/mol. The number of hydrogen-bond donors (Lipinski definition) is 5. The van der Waals surface area contributed by atoms with Crippen LogP contribution in [0, 0.1) is 5.82 Å². The number of halogens is 1. The Hall–Kier alpha value is -3.14. The molecular formula is C18H25FN6O3. The summed E-state index contributed by atoms with van der Waals surface area (Å²) in [6.45, 7) is 3.80. The molecule has 0 fully saturated rings. The summed E-state index contributed by atoms with van der Waals surface area (Å²) in [6, 6.07) is 3.28. The molecule has 0 saturated heterocycles. The number of anilines is 3. The standard InChI is InChI=1S/C18H25FN6O3/c1-4-5-13(9(2)20)23-18-12(19)8-11(16(21)27)17(25-18)22-10-6-14(26)24-15(7-10)28-3/h6-9,13H,4-5,20H2,1-3H3,(H2,21,27)(H3,22,23,24,25,26)/t9-,13+/m0/s1. The first kappa shape index (κ1) is 21.2. The fraction of sp³-hybridized carbons (Fsp3) is 0.389. The highest BCUT2D eigenvalue weighted by molar-refractivity contribution is 5.98. The monoisotopic (exact) mass is 392 g/mol. The average molecular weight is 392 g/mol. The maximum absolute atomic E-state index is 14.5. The van der Waals surface area contributed by atoms with Gasteiger partial charge in [-0.15, -0.1) is 0 Å². The second kappa shape index (κ2) is 9.18. The first-order valence-corrected chi connectivity index (χ1v) is 8.83. The van der Waals surface area contributed by atoms with Crippen LogP contribution in [0.1, 0.15) is 37.0 Å². The van der Waals surface area contributed by atoms with Gasteiger partial charge in [-0.25, -0.2) is 9.37 Å². The molecule has 0 bridgehead atoms. The Bertz CT molecular complexity index is 899. The zero-order valence-electron chi connectivity index (χ0n) is 16.0. The summed E-state index contributed by atoms with van der Waals surface area (Å²) in [5, 5.41) is 5.80. The van der Waals surface area contributed by atoms with Crippen molar-refractivity contribution in [3.63, 3.8) is 0 Å². The predicted octanol–water partition coefficient (Wildman–Crippen LogP) is 1.69. The molecule has 1 amide bonds. The Morgan fingerprint density at radius 1 is 1.36 bits per heavy atom. The van der Waals surface area contributed by atoms with Crippen LogP contribution in [0.15, 0.2) is 23.0 Å². The lowest BCUT2D eigenvalue weighted by Gasteiger charge is -2.23. The molecule has 2 atom stereocenters. The minimum Gasteiger partial charge on any atom is -0.482 e. The number of carbonyl (C=O) groups is 1. The molecule has 2 aromatic heterocycles. The van der Waals surface area contributed by atoms with Crippen LogP contribution < -0.4 is 32.4 Å². The molecule has 0 spiro atoms. The van der Waals surface area contributed by atoms with Crippen LogP contribution in [0.4, 0.5) is 21.7 Å². The molecule has 0 radical (unpaired) electrons. The average Bonchev–Trinajstić information content (AvgIpc) is 2.62. The number of ether oxygens (including phenoxy) is 1. The van der Waals surface area contributed by atoms with Gasteiger partial charge < -0.3 is 26.8 Å². The van der Waals surface area contributed by atoms with Crippen LogP contribution in [-0.2, 0) is 0 Å². The molecular weight excluding hydrogens is 367 g/mol. The molecule has 0 saturated carbocycles. The largest absolute Gasteiger partial charge is 0.482 e. The van der Waals surface area contributed by atoms with Crippen molar-refractivity contribution in [2.75, 3.05) is 17.7 Å². The molecule has 10 heteroatoms. The lowest BCUT2D eigenvalue weighted by molar-refractivity contribution is 0.100. The molecule has 0 aliphatic carbocycles. The molecule has 2 heterocycles. The molecule has 9 nitrogen and oxygen atoms in total. The van der Waals surface area contributed by atoms with Crippen molar-refractivity contribution in [1.29, 1.82) is 0 Å². The third kappa shape index (κ3) is 5.19. The van der Waals surface area contributed by atoms with E-state index in [9.17, 15) is 14.0 Å². The van der Waals surface area contributed by atoms with E-state index in [1.165, 1.54) is 19.2 Å². The number of nitrogens with one attached hydrogen (secondary N) is 3. The van der Waals surface area contributed by atoms with Gasteiger partial charge in [0.1, 0.15) is 5.82 Å². The maximum Gasteiger partial charge on any atom is 0.252 e. The maximum atomic E-state index is 14.5. The van der Waals surface area contributed by atoms with Gasteiger partial charge in [-0.3, -0.25) is 14.6 Å². The van der Waals surface area contributed by atoms with Gasteiger partial charge in [-0.2, -0.15) is 0 Å². The number of aromatic amines is 1. The molecule has 28 heavy (non-hydrogen) atoms. The van der Waals surface area contributed by atoms with Gasteiger partial charge in [0.2, 0.25) is 0 Å². The first-order chi connectivity index (χ1) is 13.2. The molecule has 152 valence electrons. The second-order valence-electron chi connectivity index (χ2n) is 6.40. The fourth-order valence-electron chi connectivity index (χ4n) is 2.66. The van der Waals surface area contributed by atoms with Crippen LogP contribution in [0.5, 0.6) is 5.88 Å². The number of rotatable bonds is 9. The van der Waals surface area contributed by atoms with Crippen LogP contribution in [0.3, 0.4) is 0 Å². The number of methoxy groups -OCH3 is 1. The third-order valence-electron chi connectivity index (χ3n) is 4.10. The lowest BCUT2D eigenvalue weighted by Crippen LogP contribution is -2.38. The zero-order chi connectivity index (χ0) is 20.8. The molecule has 2 rings (SSSR count). The summed E-state index contributed by atoms with van der Waals surface area (Å²) < 4.78 is 19.5. The second-order valence-corrected chi connectivity index (χ2v) is 6.40. The number of primary amides is 1. The number of amides is 1. The summed E-state index contributed by atoms with van der Waals surface area (Å²) in [5.41, 5.74) is 11.0. The van der Waals surface area contributed by atoms with Crippen LogP contribution >= 0.6 is 0 Å². The van der Waals surface area contributed by atoms with E-state index in [-0.39, 0.29) is 35.2 Å². The summed E-state index contributed by atoms with van der Waals surface area (Å²) in [4.78, 5) is 30.1. The Kier molecular flexibility index (Phi) is 6.94. The Labute approximate surface area is 161 Å². The zero-order valence-corrected chi connectivity index (χ0v) is 16.0. The van der Waals surface area contributed by atoms with Crippen molar-refractivity contribution >= 4 is 23.2 Å². The topological polar surface area (TPSA) is 148 Å². The smallest absolute Gasteiger partial charge is 0.252 e. The van der Waals surface area contributed by atoms with E-state index in [0.29, 0.717) is 12.1 Å². The number of hydrogen-bond acceptors (Lipinski definition) is 7. The SMILES string of the molecule is CCC[C@@H](Nc1nc(Nc2cc(OC)[nH]c(=O)c2)c(C(N)=O)cc1F)[C@H](C)N. The van der Waals surface area contributed by atoms with Crippen molar-refractivity contribution in [1.82, 2.24) is 9.97 Å². The van der Waals surface area contributed by atoms with E-state index in [4.69, 9.17) is 16.2 Å². The number of pyridine rings is 2. The van der Waals surface area contributed by atoms with Crippen LogP contribution in [0.25, 0.3) is 0 Å². The van der Waals surface area contributed by atoms with Crippen molar-refractivity contribution in [3.05, 3.63) is 39.9 Å². The summed E-state index contributed by atoms with van der Waals surface area (Å²) >= 11 is 0. The van der Waals surface area contributed by atoms with E-state index in [1.807, 2.05) is 13.8 Å². The Balaban J connectivity index is 2.45. The van der Waals surface area contributed by atoms with Crippen molar-refractivity contribution in [2.45, 2.75) is 38.8 Å². The highest BCUT2D eigenvalue weighted by atomic mass is 19.1. The molecule has 7 N–H and O–H groups in total. The fourth-order valence-corrected chi connectivity index (χ4v) is 2.66. The van der Waals surface area contributed by atoms with Crippen molar-refractivity contribution in [2.24, 2.45) is 11.5 Å². The minimum atomic E-state index is -0.866. The quantitative estimate of drug-likeness (QED) is 0.436. The first-order valence-electron chi connectivity index (χ1n) is 8.83. The van der Waals surface area contributed by atoms with Gasteiger partial charge in [-0.05, 0) is 19.4 Å². The van der Waals surface area contributed by atoms with Crippen molar-refractivity contribution in [3.8, 4) is 5.88 Å². The Morgan fingerprint density at radius 3 is 2.64 bits per heavy atom. The van der Waals surface area contributed by atoms with E-state index in [0.717, 1.165) is 12.5 Å². The molecule has 2 aromatic rings. The van der Waals surface area contributed by atoms with E-state index < -0.39 is 17.3 Å². The Morgan fingerprint density at radius 2 is 2.07 bits per heavy atom. The van der Waals surface area contributed by atoms with Gasteiger partial charge in [0.05, 0.1) is 18.4 Å². The van der Waals surface area contributed by atoms with Gasteiger partial charge in [0, 0.05) is 24.2 Å². The third-order valence-corrected chi connectivity index (χ3v) is 4.10. The van der Waals surface area contributed by atoms with Gasteiger partial charge in [0.25, 0.3) is 11.5 Å². The van der Waals surface area contributed by atoms with Gasteiger partial charge in [-0.1, -0.05) is 13.3 Å². The highest BCUT2D eigenvalue weighted by Gasteiger charge is 2.20. The van der Waals surface area contributed by atoms with E-state index in [1.54, 1.807) is 0 Å². The minimum absolute atomic E-state index is 0.00368. The van der Waals surface area contributed by atoms with Crippen LogP contribution in [-0.4, -0.2) is 35.1 Å². The molecule has 0 aromatic carbocycles. The number of H-pyrrole nitrogens is 1. The van der Waals surface area contributed by atoms with Crippen molar-refractivity contribution < 1.29 is 13.9 Å². The molecule has 0 unspecified atom stereocenters. The molecule has 0 aliphatic rings. The number of nitrogens with two attached hydrogens (primary N) is 2. The number of carbonyl (C=O) groups excluding carboxylic acids is 1. The lowest BCUT2D eigenvalue weighted by atomic mass is 10.1. The molecule has 0 aliphatic heterocycles. The van der Waals surface area contributed by atoms with Crippen LogP contribution in [0.2, 0.25) is 0 Å². The normalized spacial score (nSPS) is 12.9. The van der Waals surface area contributed by atoms with Gasteiger partial charge >= 0.3 is 0 Å². The summed E-state index contributed by atoms with van der Waals surface area (Å²) in [7, 11) is 1.39. The van der Waals surface area contributed by atoms with E-state index in [2.05, 4.69) is 20.6 Å². The highest BCUT2D eigenvalue weighted by Crippen LogP contribution is 2.25. The number of nitrogens with zero attached hydrogens (tertiary/aromatic N) is 1. The van der Waals surface area contributed by atoms with E-state index >= 15 is 0 Å². The van der Waals surface area contributed by atoms with Gasteiger partial charge in [0.15, 0.2) is 17.5 Å². The number of aromatic nitrogens is 2.